The molecule has 204 valence electrons. The Morgan fingerprint density at radius 3 is 2.33 bits per heavy atom. The zero-order valence-corrected chi connectivity index (χ0v) is 22.7. The molecule has 1 saturated heterocycles. The molecule has 0 unspecified atom stereocenters. The fourth-order valence-corrected chi connectivity index (χ4v) is 6.19. The Kier molecular flexibility index (Phi) is 8.08. The van der Waals surface area contributed by atoms with Gasteiger partial charge in [-0.15, -0.1) is 0 Å². The largest absolute Gasteiger partial charge is 0.478 e. The summed E-state index contributed by atoms with van der Waals surface area (Å²) in [5, 5.41) is 10.7. The predicted molar refractivity (Wildman–Crippen MR) is 149 cm³/mol. The van der Waals surface area contributed by atoms with Crippen molar-refractivity contribution in [3.63, 3.8) is 0 Å². The van der Waals surface area contributed by atoms with Crippen molar-refractivity contribution in [1.29, 1.82) is 0 Å². The molecular weight excluding hydrogens is 546 g/mol. The van der Waals surface area contributed by atoms with Crippen molar-refractivity contribution >= 4 is 40.3 Å². The Hall–Kier alpha value is -2.80. The van der Waals surface area contributed by atoms with Gasteiger partial charge in [-0.1, -0.05) is 59.6 Å². The number of rotatable bonds is 7. The average Bonchev–Trinajstić information content (AvgIpc) is 3.04. The number of aryl methyl sites for hydroxylation is 1. The van der Waals surface area contributed by atoms with Crippen LogP contribution in [0.15, 0.2) is 60.7 Å². The highest BCUT2D eigenvalue weighted by atomic mass is 35.5. The van der Waals surface area contributed by atoms with Crippen LogP contribution in [0.5, 0.6) is 0 Å². The van der Waals surface area contributed by atoms with E-state index in [0.29, 0.717) is 29.1 Å². The van der Waals surface area contributed by atoms with E-state index in [2.05, 4.69) is 24.3 Å². The van der Waals surface area contributed by atoms with Crippen LogP contribution in [0.25, 0.3) is 11.1 Å². The Morgan fingerprint density at radius 1 is 0.949 bits per heavy atom. The van der Waals surface area contributed by atoms with Gasteiger partial charge in [-0.2, -0.15) is 13.2 Å². The van der Waals surface area contributed by atoms with Crippen LogP contribution < -0.4 is 0 Å². The van der Waals surface area contributed by atoms with E-state index in [1.807, 2.05) is 23.1 Å². The van der Waals surface area contributed by atoms with Crippen LogP contribution in [-0.2, 0) is 12.8 Å². The maximum atomic E-state index is 12.5. The van der Waals surface area contributed by atoms with Crippen LogP contribution in [0, 0.1) is 5.92 Å². The highest BCUT2D eigenvalue weighted by Crippen LogP contribution is 2.42. The van der Waals surface area contributed by atoms with Crippen LogP contribution in [0.2, 0.25) is 10.0 Å². The van der Waals surface area contributed by atoms with Gasteiger partial charge in [0.25, 0.3) is 0 Å². The molecule has 0 saturated carbocycles. The Bertz CT molecular complexity index is 1410. The lowest BCUT2D eigenvalue weighted by atomic mass is 9.86. The standard InChI is InChI=1S/C31H28Cl2F3NO2/c32-24-9-11-26(28(33)16-24)27-3-1-2-22-15-23(30(38)39)8-10-25(22)29(27)21-6-4-19(5-7-21)14-20-17-37(18-20)13-12-31(34,35)36/h4-11,15-16,20H,1-3,12-14,17-18H2,(H,38,39). The van der Waals surface area contributed by atoms with Crippen LogP contribution in [0.4, 0.5) is 13.2 Å². The van der Waals surface area contributed by atoms with E-state index in [0.717, 1.165) is 64.6 Å². The number of aromatic carboxylic acids is 1. The van der Waals surface area contributed by atoms with Gasteiger partial charge in [0.2, 0.25) is 0 Å². The zero-order valence-electron chi connectivity index (χ0n) is 21.2. The minimum Gasteiger partial charge on any atom is -0.478 e. The van der Waals surface area contributed by atoms with Gasteiger partial charge in [0.05, 0.1) is 12.0 Å². The molecule has 3 aromatic carbocycles. The molecule has 0 atom stereocenters. The average molecular weight is 574 g/mol. The molecule has 1 aliphatic carbocycles. The third-order valence-electron chi connectivity index (χ3n) is 7.56. The molecule has 1 N–H and O–H groups in total. The van der Waals surface area contributed by atoms with E-state index in [4.69, 9.17) is 23.2 Å². The molecular formula is C31H28Cl2F3NO2. The topological polar surface area (TPSA) is 40.5 Å². The van der Waals surface area contributed by atoms with Gasteiger partial charge in [-0.05, 0) is 94.8 Å². The fraction of sp³-hybridized carbons (Fsp3) is 0.323. The van der Waals surface area contributed by atoms with Crippen LogP contribution >= 0.6 is 23.2 Å². The molecule has 0 radical (unpaired) electrons. The van der Waals surface area contributed by atoms with Crippen LogP contribution in [-0.4, -0.2) is 41.8 Å². The monoisotopic (exact) mass is 573 g/mol. The molecule has 3 aromatic rings. The summed E-state index contributed by atoms with van der Waals surface area (Å²) in [5.74, 6) is -0.606. The lowest BCUT2D eigenvalue weighted by Gasteiger charge is -2.39. The third kappa shape index (κ3) is 6.51. The Labute approximate surface area is 235 Å². The quantitative estimate of drug-likeness (QED) is 0.308. The molecule has 1 heterocycles. The normalized spacial score (nSPS) is 16.5. The number of carboxylic acids is 1. The first-order valence-corrected chi connectivity index (χ1v) is 13.8. The summed E-state index contributed by atoms with van der Waals surface area (Å²) >= 11 is 12.8. The van der Waals surface area contributed by atoms with Gasteiger partial charge < -0.3 is 10.0 Å². The maximum Gasteiger partial charge on any atom is 0.390 e. The maximum absolute atomic E-state index is 12.5. The minimum atomic E-state index is -4.11. The highest BCUT2D eigenvalue weighted by Gasteiger charge is 2.32. The van der Waals surface area contributed by atoms with Crippen molar-refractivity contribution in [2.45, 2.75) is 38.3 Å². The molecule has 8 heteroatoms. The number of likely N-dealkylation sites (tertiary alicyclic amines) is 1. The van der Waals surface area contributed by atoms with E-state index in [1.54, 1.807) is 18.2 Å². The summed E-state index contributed by atoms with van der Waals surface area (Å²) in [7, 11) is 0. The number of benzene rings is 3. The summed E-state index contributed by atoms with van der Waals surface area (Å²) in [4.78, 5) is 13.5. The first kappa shape index (κ1) is 27.8. The zero-order chi connectivity index (χ0) is 27.7. The lowest BCUT2D eigenvalue weighted by Crippen LogP contribution is -2.48. The Balaban J connectivity index is 1.45. The number of carbonyl (C=O) groups is 1. The summed E-state index contributed by atoms with van der Waals surface area (Å²) in [5.41, 5.74) is 7.41. The first-order chi connectivity index (χ1) is 18.6. The van der Waals surface area contributed by atoms with E-state index in [1.165, 1.54) is 0 Å². The molecule has 3 nitrogen and oxygen atoms in total. The second kappa shape index (κ2) is 11.4. The number of fused-ring (bicyclic) bond motifs is 1. The molecule has 0 spiro atoms. The summed E-state index contributed by atoms with van der Waals surface area (Å²) in [6.07, 6.45) is -1.70. The number of allylic oxidation sites excluding steroid dienone is 1. The van der Waals surface area contributed by atoms with Gasteiger partial charge in [-0.25, -0.2) is 4.79 Å². The molecule has 39 heavy (non-hydrogen) atoms. The first-order valence-electron chi connectivity index (χ1n) is 13.0. The fourth-order valence-electron chi connectivity index (χ4n) is 5.67. The van der Waals surface area contributed by atoms with Crippen molar-refractivity contribution in [1.82, 2.24) is 4.90 Å². The highest BCUT2D eigenvalue weighted by molar-refractivity contribution is 6.36. The smallest absolute Gasteiger partial charge is 0.390 e. The molecule has 5 rings (SSSR count). The second-order valence-electron chi connectivity index (χ2n) is 10.4. The number of carboxylic acid groups (broad SMARTS) is 1. The third-order valence-corrected chi connectivity index (χ3v) is 8.11. The van der Waals surface area contributed by atoms with Crippen molar-refractivity contribution in [2.75, 3.05) is 19.6 Å². The van der Waals surface area contributed by atoms with Crippen LogP contribution in [0.3, 0.4) is 0 Å². The lowest BCUT2D eigenvalue weighted by molar-refractivity contribution is -0.141. The number of hydrogen-bond donors (Lipinski definition) is 1. The van der Waals surface area contributed by atoms with Gasteiger partial charge in [0.1, 0.15) is 0 Å². The molecule has 1 fully saturated rings. The number of hydrogen-bond acceptors (Lipinski definition) is 2. The molecule has 2 aliphatic rings. The van der Waals surface area contributed by atoms with E-state index in [-0.39, 0.29) is 12.1 Å². The van der Waals surface area contributed by atoms with Crippen molar-refractivity contribution in [3.8, 4) is 0 Å². The van der Waals surface area contributed by atoms with E-state index in [9.17, 15) is 23.1 Å². The van der Waals surface area contributed by atoms with Gasteiger partial charge in [0, 0.05) is 29.7 Å². The minimum absolute atomic E-state index is 0.0616. The van der Waals surface area contributed by atoms with Crippen molar-refractivity contribution in [2.24, 2.45) is 5.92 Å². The predicted octanol–water partition coefficient (Wildman–Crippen LogP) is 8.41. The second-order valence-corrected chi connectivity index (χ2v) is 11.2. The van der Waals surface area contributed by atoms with Crippen molar-refractivity contribution < 1.29 is 23.1 Å². The van der Waals surface area contributed by atoms with Crippen molar-refractivity contribution in [3.05, 3.63) is 104 Å². The molecule has 0 amide bonds. The number of halogens is 5. The van der Waals surface area contributed by atoms with E-state index >= 15 is 0 Å². The SMILES string of the molecule is O=C(O)c1ccc2c(c1)CCCC(c1ccc(Cl)cc1Cl)=C2c1ccc(CC2CN(CCC(F)(F)F)C2)cc1. The molecule has 0 aromatic heterocycles. The van der Waals surface area contributed by atoms with Gasteiger partial charge >= 0.3 is 12.1 Å². The molecule has 0 bridgehead atoms. The Morgan fingerprint density at radius 2 is 1.67 bits per heavy atom. The van der Waals surface area contributed by atoms with Gasteiger partial charge in [-0.3, -0.25) is 0 Å². The summed E-state index contributed by atoms with van der Waals surface area (Å²) < 4.78 is 37.5. The summed E-state index contributed by atoms with van der Waals surface area (Å²) in [6.45, 7) is 1.43. The number of nitrogens with zero attached hydrogens (tertiary/aromatic N) is 1. The summed E-state index contributed by atoms with van der Waals surface area (Å²) in [6, 6.07) is 19.1. The van der Waals surface area contributed by atoms with E-state index < -0.39 is 18.6 Å². The van der Waals surface area contributed by atoms with Gasteiger partial charge in [0.15, 0.2) is 0 Å². The van der Waals surface area contributed by atoms with Crippen LogP contribution in [0.1, 0.15) is 57.4 Å². The molecule has 1 aliphatic heterocycles. The number of alkyl halides is 3.